The standard InChI is InChI=1S/C27H29N5O2S/c1-18(2)19-12-14-20(15-13-19)28-23(33)17-35-27-29-25-24(22-11-7-4-8-16-31(22)27)26(34)32(30-25)21-9-5-3-6-10-21/h3,5-6,9-10,12-15,18H,4,7-8,11,16-17H2,1-2H3,(H,28,33). The highest BCUT2D eigenvalue weighted by molar-refractivity contribution is 7.99. The number of hydrogen-bond acceptors (Lipinski definition) is 5. The molecule has 1 N–H and O–H groups in total. The molecule has 0 fully saturated rings. The van der Waals surface area contributed by atoms with Gasteiger partial charge in [-0.2, -0.15) is 4.68 Å². The fourth-order valence-electron chi connectivity index (χ4n) is 4.49. The van der Waals surface area contributed by atoms with Crippen LogP contribution in [0.4, 0.5) is 5.69 Å². The van der Waals surface area contributed by atoms with E-state index >= 15 is 0 Å². The fourth-order valence-corrected chi connectivity index (χ4v) is 5.33. The van der Waals surface area contributed by atoms with Gasteiger partial charge >= 0.3 is 0 Å². The van der Waals surface area contributed by atoms with Crippen molar-refractivity contribution in [3.8, 4) is 17.1 Å². The van der Waals surface area contributed by atoms with Gasteiger partial charge in [0.05, 0.1) is 11.4 Å². The van der Waals surface area contributed by atoms with Crippen LogP contribution in [0.15, 0.2) is 64.5 Å². The summed E-state index contributed by atoms with van der Waals surface area (Å²) in [7, 11) is 0. The number of amides is 1. The van der Waals surface area contributed by atoms with Crippen molar-refractivity contribution in [2.45, 2.75) is 57.1 Å². The van der Waals surface area contributed by atoms with Gasteiger partial charge in [-0.25, -0.2) is 4.98 Å². The van der Waals surface area contributed by atoms with Crippen LogP contribution >= 0.6 is 11.8 Å². The Labute approximate surface area is 208 Å². The predicted octanol–water partition coefficient (Wildman–Crippen LogP) is 5.11. The number of benzene rings is 2. The third-order valence-electron chi connectivity index (χ3n) is 6.36. The molecule has 3 aliphatic rings. The summed E-state index contributed by atoms with van der Waals surface area (Å²) < 4.78 is 3.56. The molecule has 2 aromatic rings. The number of fused-ring (bicyclic) bond motifs is 3. The highest BCUT2D eigenvalue weighted by Crippen LogP contribution is 2.30. The molecule has 2 aromatic carbocycles. The number of thioether (sulfide) groups is 1. The molecule has 8 heteroatoms. The minimum absolute atomic E-state index is 0.0866. The summed E-state index contributed by atoms with van der Waals surface area (Å²) >= 11 is 1.39. The van der Waals surface area contributed by atoms with Gasteiger partial charge in [-0.05, 0) is 55.0 Å². The van der Waals surface area contributed by atoms with Gasteiger partial charge in [0, 0.05) is 17.9 Å². The molecule has 0 spiro atoms. The first-order valence-electron chi connectivity index (χ1n) is 12.1. The van der Waals surface area contributed by atoms with Gasteiger partial charge in [-0.1, -0.05) is 62.4 Å². The molecule has 0 unspecified atom stereocenters. The second-order valence-electron chi connectivity index (χ2n) is 9.17. The van der Waals surface area contributed by atoms with Crippen LogP contribution in [-0.2, 0) is 17.8 Å². The Bertz CT molecular complexity index is 1360. The second-order valence-corrected chi connectivity index (χ2v) is 10.1. The van der Waals surface area contributed by atoms with E-state index in [1.807, 2.05) is 54.6 Å². The molecular weight excluding hydrogens is 458 g/mol. The Morgan fingerprint density at radius 2 is 1.83 bits per heavy atom. The topological polar surface area (TPSA) is 81.8 Å². The number of nitrogens with zero attached hydrogens (tertiary/aromatic N) is 4. The Balaban J connectivity index is 1.42. The number of aromatic nitrogens is 4. The van der Waals surface area contributed by atoms with Crippen LogP contribution in [0, 0.1) is 0 Å². The molecule has 35 heavy (non-hydrogen) atoms. The number of anilines is 1. The zero-order valence-corrected chi connectivity index (χ0v) is 20.8. The van der Waals surface area contributed by atoms with E-state index in [1.165, 1.54) is 22.0 Å². The lowest BCUT2D eigenvalue weighted by Crippen LogP contribution is -2.20. The number of carbonyl (C=O) groups excluding carboxylic acids is 1. The summed E-state index contributed by atoms with van der Waals surface area (Å²) in [6.07, 6.45) is 3.94. The molecule has 0 bridgehead atoms. The Morgan fingerprint density at radius 3 is 2.57 bits per heavy atom. The van der Waals surface area contributed by atoms with Crippen molar-refractivity contribution >= 4 is 23.4 Å². The summed E-state index contributed by atoms with van der Waals surface area (Å²) in [6, 6.07) is 17.4. The second kappa shape index (κ2) is 10.1. The van der Waals surface area contributed by atoms with Crippen molar-refractivity contribution in [3.63, 3.8) is 0 Å². The Kier molecular flexibility index (Phi) is 6.72. The first-order chi connectivity index (χ1) is 17.0. The first kappa shape index (κ1) is 23.4. The van der Waals surface area contributed by atoms with E-state index < -0.39 is 0 Å². The maximum atomic E-state index is 13.3. The lowest BCUT2D eigenvalue weighted by atomic mass is 10.0. The van der Waals surface area contributed by atoms with Crippen molar-refractivity contribution in [2.24, 2.45) is 0 Å². The zero-order chi connectivity index (χ0) is 24.4. The number of nitrogens with one attached hydrogen (secondary N) is 1. The van der Waals surface area contributed by atoms with Crippen LogP contribution in [0.3, 0.4) is 0 Å². The van der Waals surface area contributed by atoms with Crippen LogP contribution < -0.4 is 10.9 Å². The highest BCUT2D eigenvalue weighted by Gasteiger charge is 2.27. The monoisotopic (exact) mass is 487 g/mol. The van der Waals surface area contributed by atoms with Gasteiger partial charge in [0.1, 0.15) is 5.56 Å². The van der Waals surface area contributed by atoms with E-state index in [4.69, 9.17) is 4.98 Å². The lowest BCUT2D eigenvalue weighted by Gasteiger charge is -2.17. The molecular formula is C27H29N5O2S. The van der Waals surface area contributed by atoms with Crippen LogP contribution in [0.5, 0.6) is 0 Å². The normalized spacial score (nSPS) is 13.6. The molecule has 3 aliphatic heterocycles. The molecule has 0 radical (unpaired) electrons. The molecule has 3 heterocycles. The van der Waals surface area contributed by atoms with Gasteiger partial charge in [0.2, 0.25) is 5.91 Å². The van der Waals surface area contributed by atoms with Gasteiger partial charge in [-0.3, -0.25) is 9.59 Å². The summed E-state index contributed by atoms with van der Waals surface area (Å²) in [6.45, 7) is 5.08. The van der Waals surface area contributed by atoms with E-state index in [1.54, 1.807) is 0 Å². The number of para-hydroxylation sites is 1. The SMILES string of the molecule is CC(C)c1ccc(NC(=O)CSc2nc3nn(-c4ccccc4)c(=O)c-3c3n2CCCCC3)cc1. The quantitative estimate of drug-likeness (QED) is 0.302. The molecule has 0 aromatic heterocycles. The van der Waals surface area contributed by atoms with E-state index in [9.17, 15) is 9.59 Å². The summed E-state index contributed by atoms with van der Waals surface area (Å²) in [5, 5.41) is 8.27. The molecule has 0 aliphatic carbocycles. The van der Waals surface area contributed by atoms with Crippen molar-refractivity contribution in [1.29, 1.82) is 0 Å². The summed E-state index contributed by atoms with van der Waals surface area (Å²) in [5.41, 5.74) is 4.18. The average molecular weight is 488 g/mol. The molecule has 180 valence electrons. The predicted molar refractivity (Wildman–Crippen MR) is 140 cm³/mol. The van der Waals surface area contributed by atoms with Crippen LogP contribution in [0.2, 0.25) is 0 Å². The van der Waals surface area contributed by atoms with E-state index in [0.717, 1.165) is 54.5 Å². The van der Waals surface area contributed by atoms with Gasteiger partial charge in [0.15, 0.2) is 11.0 Å². The minimum Gasteiger partial charge on any atom is -0.325 e. The number of hydrogen-bond donors (Lipinski definition) is 1. The zero-order valence-electron chi connectivity index (χ0n) is 20.0. The molecule has 0 saturated heterocycles. The third kappa shape index (κ3) is 4.89. The van der Waals surface area contributed by atoms with Gasteiger partial charge < -0.3 is 9.88 Å². The van der Waals surface area contributed by atoms with Crippen LogP contribution in [-0.4, -0.2) is 31.0 Å². The van der Waals surface area contributed by atoms with Crippen LogP contribution in [0.1, 0.15) is 50.3 Å². The minimum atomic E-state index is -0.136. The number of carbonyl (C=O) groups is 1. The fraction of sp³-hybridized carbons (Fsp3) is 0.333. The van der Waals surface area contributed by atoms with E-state index in [-0.39, 0.29) is 17.2 Å². The Hall–Kier alpha value is -3.39. The smallest absolute Gasteiger partial charge is 0.284 e. The number of rotatable bonds is 6. The maximum absolute atomic E-state index is 13.3. The molecule has 0 saturated carbocycles. The van der Waals surface area contributed by atoms with Crippen molar-refractivity contribution < 1.29 is 4.79 Å². The molecule has 5 rings (SSSR count). The average Bonchev–Trinajstić information content (AvgIpc) is 3.03. The van der Waals surface area contributed by atoms with Gasteiger partial charge in [0.25, 0.3) is 5.56 Å². The third-order valence-corrected chi connectivity index (χ3v) is 7.34. The first-order valence-corrected chi connectivity index (χ1v) is 13.1. The summed E-state index contributed by atoms with van der Waals surface area (Å²) in [4.78, 5) is 30.8. The maximum Gasteiger partial charge on any atom is 0.284 e. The largest absolute Gasteiger partial charge is 0.325 e. The highest BCUT2D eigenvalue weighted by atomic mass is 32.2. The molecule has 7 nitrogen and oxygen atoms in total. The van der Waals surface area contributed by atoms with Crippen LogP contribution in [0.25, 0.3) is 17.1 Å². The lowest BCUT2D eigenvalue weighted by molar-refractivity contribution is -0.113. The molecule has 0 atom stereocenters. The van der Waals surface area contributed by atoms with E-state index in [0.29, 0.717) is 17.3 Å². The van der Waals surface area contributed by atoms with E-state index in [2.05, 4.69) is 28.8 Å². The van der Waals surface area contributed by atoms with Gasteiger partial charge in [-0.15, -0.1) is 5.10 Å². The Morgan fingerprint density at radius 1 is 1.06 bits per heavy atom. The van der Waals surface area contributed by atoms with Crippen molar-refractivity contribution in [3.05, 3.63) is 76.2 Å². The molecule has 1 amide bonds. The van der Waals surface area contributed by atoms with Crippen molar-refractivity contribution in [2.75, 3.05) is 11.1 Å². The van der Waals surface area contributed by atoms with Crippen molar-refractivity contribution in [1.82, 2.24) is 19.3 Å². The summed E-state index contributed by atoms with van der Waals surface area (Å²) in [5.74, 6) is 1.03.